The van der Waals surface area contributed by atoms with Crippen molar-refractivity contribution in [2.45, 2.75) is 0 Å². The summed E-state index contributed by atoms with van der Waals surface area (Å²) in [6.07, 6.45) is 0. The second-order valence-electron chi connectivity index (χ2n) is 3.71. The van der Waals surface area contributed by atoms with E-state index < -0.39 is 0 Å². The van der Waals surface area contributed by atoms with Crippen LogP contribution >= 0.6 is 54.5 Å². The van der Waals surface area contributed by atoms with Crippen molar-refractivity contribution in [3.05, 3.63) is 54.4 Å². The molecule has 18 heavy (non-hydrogen) atoms. The maximum Gasteiger partial charge on any atom is 0.196 e. The molecule has 0 N–H and O–H groups in total. The molecule has 0 atom stereocenters. The first-order chi connectivity index (χ1) is 8.66. The van der Waals surface area contributed by atoms with Gasteiger partial charge in [0.1, 0.15) is 0 Å². The number of ketones is 1. The number of rotatable bonds is 2. The second kappa shape index (κ2) is 4.89. The molecule has 0 aliphatic rings. The zero-order valence-electron chi connectivity index (χ0n) is 8.94. The minimum Gasteiger partial charge on any atom is -0.288 e. The Morgan fingerprint density at radius 1 is 1.11 bits per heavy atom. The fourth-order valence-electron chi connectivity index (χ4n) is 1.79. The van der Waals surface area contributed by atoms with Crippen LogP contribution in [0.3, 0.4) is 0 Å². The maximum absolute atomic E-state index is 12.5. The summed E-state index contributed by atoms with van der Waals surface area (Å²) in [5, 5.41) is 2.96. The van der Waals surface area contributed by atoms with Crippen LogP contribution < -0.4 is 0 Å². The van der Waals surface area contributed by atoms with Crippen LogP contribution in [0.15, 0.2) is 43.3 Å². The zero-order valence-corrected chi connectivity index (χ0v) is 13.7. The average molecular weight is 402 g/mol. The third kappa shape index (κ3) is 2.09. The second-order valence-corrected chi connectivity index (χ2v) is 8.37. The molecule has 3 rings (SSSR count). The molecule has 1 aromatic carbocycles. The van der Waals surface area contributed by atoms with Crippen molar-refractivity contribution in [3.63, 3.8) is 0 Å². The Morgan fingerprint density at radius 3 is 2.61 bits per heavy atom. The van der Waals surface area contributed by atoms with Crippen molar-refractivity contribution in [2.24, 2.45) is 0 Å². The number of thiophene rings is 2. The summed E-state index contributed by atoms with van der Waals surface area (Å²) in [5.41, 5.74) is 1.50. The van der Waals surface area contributed by atoms with Gasteiger partial charge in [0.15, 0.2) is 5.78 Å². The molecule has 0 aliphatic heterocycles. The average Bonchev–Trinajstić information content (AvgIpc) is 2.92. The number of carbonyl (C=O) groups excluding carboxylic acids is 1. The highest BCUT2D eigenvalue weighted by molar-refractivity contribution is 9.12. The number of hydrogen-bond donors (Lipinski definition) is 0. The van der Waals surface area contributed by atoms with Crippen LogP contribution in [0.25, 0.3) is 10.1 Å². The highest BCUT2D eigenvalue weighted by atomic mass is 79.9. The highest BCUT2D eigenvalue weighted by Crippen LogP contribution is 2.35. The molecule has 0 amide bonds. The van der Waals surface area contributed by atoms with Gasteiger partial charge in [0, 0.05) is 26.6 Å². The van der Waals surface area contributed by atoms with Crippen LogP contribution in [-0.2, 0) is 0 Å². The highest BCUT2D eigenvalue weighted by Gasteiger charge is 2.18. The molecule has 0 aliphatic carbocycles. The van der Waals surface area contributed by atoms with Crippen LogP contribution in [0.5, 0.6) is 0 Å². The topological polar surface area (TPSA) is 17.1 Å². The van der Waals surface area contributed by atoms with Crippen LogP contribution in [0, 0.1) is 0 Å². The number of halogens is 2. The Labute approximate surface area is 129 Å². The van der Waals surface area contributed by atoms with E-state index in [1.807, 2.05) is 35.7 Å². The number of fused-ring (bicyclic) bond motifs is 1. The van der Waals surface area contributed by atoms with E-state index in [0.717, 1.165) is 28.8 Å². The van der Waals surface area contributed by atoms with Crippen LogP contribution in [0.1, 0.15) is 15.9 Å². The van der Waals surface area contributed by atoms with Crippen LogP contribution in [-0.4, -0.2) is 5.78 Å². The lowest BCUT2D eigenvalue weighted by atomic mass is 10.1. The van der Waals surface area contributed by atoms with Gasteiger partial charge in [-0.3, -0.25) is 4.79 Å². The fraction of sp³-hybridized carbons (Fsp3) is 0. The van der Waals surface area contributed by atoms with Gasteiger partial charge in [0.05, 0.1) is 7.57 Å². The Morgan fingerprint density at radius 2 is 1.89 bits per heavy atom. The number of carbonyl (C=O) groups is 1. The summed E-state index contributed by atoms with van der Waals surface area (Å²) in [6, 6.07) is 9.85. The third-order valence-electron chi connectivity index (χ3n) is 2.63. The molecule has 1 nitrogen and oxygen atoms in total. The van der Waals surface area contributed by atoms with Crippen LogP contribution in [0.2, 0.25) is 0 Å². The molecule has 0 radical (unpaired) electrons. The summed E-state index contributed by atoms with van der Waals surface area (Å²) in [5.74, 6) is 0.0706. The minimum atomic E-state index is 0.0706. The van der Waals surface area contributed by atoms with Crippen molar-refractivity contribution in [3.8, 4) is 0 Å². The van der Waals surface area contributed by atoms with E-state index in [9.17, 15) is 4.79 Å². The van der Waals surface area contributed by atoms with Crippen molar-refractivity contribution < 1.29 is 4.79 Å². The lowest BCUT2D eigenvalue weighted by Crippen LogP contribution is -1.98. The molecule has 0 spiro atoms. The van der Waals surface area contributed by atoms with E-state index in [1.54, 1.807) is 11.3 Å². The Kier molecular flexibility index (Phi) is 3.40. The van der Waals surface area contributed by atoms with Gasteiger partial charge in [-0.2, -0.15) is 0 Å². The van der Waals surface area contributed by atoms with E-state index in [2.05, 4.69) is 31.9 Å². The Bertz CT molecular complexity index is 742. The van der Waals surface area contributed by atoms with Crippen LogP contribution in [0.4, 0.5) is 0 Å². The van der Waals surface area contributed by atoms with E-state index in [4.69, 9.17) is 0 Å². The van der Waals surface area contributed by atoms with E-state index in [1.165, 1.54) is 11.3 Å². The molecule has 3 aromatic rings. The summed E-state index contributed by atoms with van der Waals surface area (Å²) in [6.45, 7) is 0. The summed E-state index contributed by atoms with van der Waals surface area (Å²) in [7, 11) is 0. The van der Waals surface area contributed by atoms with Gasteiger partial charge in [-0.15, -0.1) is 22.7 Å². The Hall–Kier alpha value is -0.490. The van der Waals surface area contributed by atoms with Crippen molar-refractivity contribution in [1.82, 2.24) is 0 Å². The molecule has 2 heterocycles. The number of hydrogen-bond acceptors (Lipinski definition) is 3. The standard InChI is InChI=1S/C13H6Br2OS2/c14-11-5-8(13(15)18-11)12(16)9-6-17-10-4-2-1-3-7(9)10/h1-6H. The number of benzene rings is 1. The summed E-state index contributed by atoms with van der Waals surface area (Å²) in [4.78, 5) is 12.5. The summed E-state index contributed by atoms with van der Waals surface area (Å²) >= 11 is 9.96. The largest absolute Gasteiger partial charge is 0.288 e. The molecule has 5 heteroatoms. The van der Waals surface area contributed by atoms with E-state index in [-0.39, 0.29) is 5.78 Å². The zero-order chi connectivity index (χ0) is 12.7. The third-order valence-corrected chi connectivity index (χ3v) is 5.93. The first-order valence-electron chi connectivity index (χ1n) is 5.12. The molecular formula is C13H6Br2OS2. The smallest absolute Gasteiger partial charge is 0.196 e. The molecule has 2 aromatic heterocycles. The Balaban J connectivity index is 2.15. The van der Waals surface area contributed by atoms with Gasteiger partial charge < -0.3 is 0 Å². The predicted octanol–water partition coefficient (Wildman–Crippen LogP) is 5.72. The molecule has 0 fully saturated rings. The summed E-state index contributed by atoms with van der Waals surface area (Å²) < 4.78 is 2.97. The molecule has 0 saturated carbocycles. The van der Waals surface area contributed by atoms with Crippen molar-refractivity contribution in [2.75, 3.05) is 0 Å². The lowest BCUT2D eigenvalue weighted by Gasteiger charge is -1.97. The fourth-order valence-corrected chi connectivity index (χ4v) is 5.53. The maximum atomic E-state index is 12.5. The van der Waals surface area contributed by atoms with Gasteiger partial charge in [0.2, 0.25) is 0 Å². The monoisotopic (exact) mass is 400 g/mol. The van der Waals surface area contributed by atoms with Gasteiger partial charge in [0.25, 0.3) is 0 Å². The predicted molar refractivity (Wildman–Crippen MR) is 85.0 cm³/mol. The molecule has 0 saturated heterocycles. The minimum absolute atomic E-state index is 0.0706. The van der Waals surface area contributed by atoms with Gasteiger partial charge in [-0.25, -0.2) is 0 Å². The van der Waals surface area contributed by atoms with Gasteiger partial charge in [-0.1, -0.05) is 18.2 Å². The molecule has 90 valence electrons. The molecule has 0 unspecified atom stereocenters. The normalized spacial score (nSPS) is 11.0. The molecule has 0 bridgehead atoms. The SMILES string of the molecule is O=C(c1cc(Br)sc1Br)c1csc2ccccc12. The first-order valence-corrected chi connectivity index (χ1v) is 8.41. The van der Waals surface area contributed by atoms with E-state index >= 15 is 0 Å². The van der Waals surface area contributed by atoms with Crippen molar-refractivity contribution in [1.29, 1.82) is 0 Å². The lowest BCUT2D eigenvalue weighted by molar-refractivity contribution is 0.104. The first kappa shape index (κ1) is 12.5. The quantitative estimate of drug-likeness (QED) is 0.502. The van der Waals surface area contributed by atoms with Gasteiger partial charge in [-0.05, 0) is 44.0 Å². The van der Waals surface area contributed by atoms with Gasteiger partial charge >= 0.3 is 0 Å². The van der Waals surface area contributed by atoms with Crippen molar-refractivity contribution >= 4 is 70.4 Å². The van der Waals surface area contributed by atoms with E-state index in [0.29, 0.717) is 0 Å². The molecular weight excluding hydrogens is 396 g/mol.